The second-order valence-corrected chi connectivity index (χ2v) is 6.81. The van der Waals surface area contributed by atoms with Crippen LogP contribution in [0.15, 0.2) is 34.5 Å². The van der Waals surface area contributed by atoms with Gasteiger partial charge >= 0.3 is 0 Å². The van der Waals surface area contributed by atoms with Gasteiger partial charge in [0.25, 0.3) is 10.0 Å². The molecule has 0 fully saturated rings. The molecule has 0 spiro atoms. The number of hydrogen-bond acceptors (Lipinski definition) is 4. The maximum Gasteiger partial charge on any atom is 0.271 e. The van der Waals surface area contributed by atoms with Crippen LogP contribution in [0.4, 0.5) is 10.1 Å². The van der Waals surface area contributed by atoms with Gasteiger partial charge in [-0.1, -0.05) is 6.07 Å². The van der Waals surface area contributed by atoms with Crippen molar-refractivity contribution in [3.63, 3.8) is 0 Å². The van der Waals surface area contributed by atoms with Gasteiger partial charge in [-0.25, -0.2) is 12.8 Å². The Hall–Kier alpha value is -1.91. The number of halogens is 1. The first-order valence-corrected chi connectivity index (χ1v) is 7.51. The van der Waals surface area contributed by atoms with Crippen molar-refractivity contribution >= 4 is 27.0 Å². The normalized spacial score (nSPS) is 11.0. The molecule has 19 heavy (non-hydrogen) atoms. The van der Waals surface area contributed by atoms with Gasteiger partial charge < -0.3 is 0 Å². The Labute approximate surface area is 114 Å². The molecule has 0 aliphatic heterocycles. The summed E-state index contributed by atoms with van der Waals surface area (Å²) >= 11 is 0.835. The Bertz CT molecular complexity index is 760. The van der Waals surface area contributed by atoms with Crippen molar-refractivity contribution in [2.75, 3.05) is 4.72 Å². The number of hydrogen-bond donors (Lipinski definition) is 1. The van der Waals surface area contributed by atoms with E-state index >= 15 is 0 Å². The van der Waals surface area contributed by atoms with Gasteiger partial charge in [-0.05, 0) is 36.8 Å². The highest BCUT2D eigenvalue weighted by atomic mass is 32.2. The Morgan fingerprint density at radius 3 is 2.68 bits per heavy atom. The van der Waals surface area contributed by atoms with Crippen LogP contribution in [-0.2, 0) is 10.0 Å². The molecule has 0 radical (unpaired) electrons. The van der Waals surface area contributed by atoms with Crippen LogP contribution in [0.3, 0.4) is 0 Å². The van der Waals surface area contributed by atoms with Gasteiger partial charge in [0.15, 0.2) is 0 Å². The maximum absolute atomic E-state index is 13.5. The summed E-state index contributed by atoms with van der Waals surface area (Å²) in [6.07, 6.45) is 0. The topological polar surface area (TPSA) is 70.0 Å². The van der Waals surface area contributed by atoms with Crippen molar-refractivity contribution in [3.05, 3.63) is 46.6 Å². The summed E-state index contributed by atoms with van der Waals surface area (Å²) in [5.74, 6) is -0.647. The maximum atomic E-state index is 13.5. The van der Waals surface area contributed by atoms with Crippen molar-refractivity contribution in [2.45, 2.75) is 11.1 Å². The smallest absolute Gasteiger partial charge is 0.271 e. The summed E-state index contributed by atoms with van der Waals surface area (Å²) in [6.45, 7) is 1.73. The number of sulfonamides is 1. The summed E-state index contributed by atoms with van der Waals surface area (Å²) in [5.41, 5.74) is 0.634. The lowest BCUT2D eigenvalue weighted by molar-refractivity contribution is 0.600. The minimum absolute atomic E-state index is 0.0232. The highest BCUT2D eigenvalue weighted by Gasteiger charge is 2.18. The standard InChI is InChI=1S/C12H9FN2O2S2/c1-8-2-4-10(13)11(6-8)15-19(16,17)12-5-3-9(7-14)18-12/h2-6,15H,1H3. The zero-order chi connectivity index (χ0) is 14.0. The summed E-state index contributed by atoms with van der Waals surface area (Å²) in [4.78, 5) is 0.282. The molecule has 98 valence electrons. The van der Waals surface area contributed by atoms with Crippen LogP contribution in [0, 0.1) is 24.1 Å². The average molecular weight is 296 g/mol. The largest absolute Gasteiger partial charge is 0.276 e. The molecule has 1 aromatic carbocycles. The number of benzene rings is 1. The zero-order valence-corrected chi connectivity index (χ0v) is 11.5. The second kappa shape index (κ2) is 4.99. The summed E-state index contributed by atoms with van der Waals surface area (Å²) in [7, 11) is -3.86. The summed E-state index contributed by atoms with van der Waals surface area (Å²) < 4.78 is 39.7. The second-order valence-electron chi connectivity index (χ2n) is 3.82. The van der Waals surface area contributed by atoms with Crippen LogP contribution in [0.2, 0.25) is 0 Å². The Balaban J connectivity index is 2.36. The van der Waals surface area contributed by atoms with Gasteiger partial charge in [-0.2, -0.15) is 5.26 Å². The quantitative estimate of drug-likeness (QED) is 0.946. The third-order valence-corrected chi connectivity index (χ3v) is 5.17. The van der Waals surface area contributed by atoms with Crippen LogP contribution in [0.5, 0.6) is 0 Å². The summed E-state index contributed by atoms with van der Waals surface area (Å²) in [6, 6.07) is 8.74. The fourth-order valence-electron chi connectivity index (χ4n) is 1.44. The Kier molecular flexibility index (Phi) is 3.55. The van der Waals surface area contributed by atoms with E-state index in [1.54, 1.807) is 13.0 Å². The first-order chi connectivity index (χ1) is 8.92. The fourth-order valence-corrected chi connectivity index (χ4v) is 3.60. The summed E-state index contributed by atoms with van der Waals surface area (Å²) in [5, 5.41) is 8.67. The molecule has 2 rings (SSSR count). The van der Waals surface area contributed by atoms with Gasteiger partial charge in [0.05, 0.1) is 5.69 Å². The molecule has 0 saturated heterocycles. The third kappa shape index (κ3) is 2.92. The van der Waals surface area contributed by atoms with E-state index in [0.29, 0.717) is 0 Å². The molecule has 0 bridgehead atoms. The third-order valence-electron chi connectivity index (χ3n) is 2.32. The van der Waals surface area contributed by atoms with Crippen LogP contribution >= 0.6 is 11.3 Å². The van der Waals surface area contributed by atoms with Crippen molar-refractivity contribution in [3.8, 4) is 6.07 Å². The molecule has 7 heteroatoms. The first-order valence-electron chi connectivity index (χ1n) is 5.21. The molecule has 1 N–H and O–H groups in total. The van der Waals surface area contributed by atoms with Gasteiger partial charge in [0.1, 0.15) is 21.0 Å². The van der Waals surface area contributed by atoms with E-state index in [4.69, 9.17) is 5.26 Å². The molecule has 4 nitrogen and oxygen atoms in total. The highest BCUT2D eigenvalue weighted by Crippen LogP contribution is 2.25. The lowest BCUT2D eigenvalue weighted by atomic mass is 10.2. The van der Waals surface area contributed by atoms with Crippen molar-refractivity contribution in [1.29, 1.82) is 5.26 Å². The zero-order valence-electron chi connectivity index (χ0n) is 9.84. The number of nitrogens with zero attached hydrogens (tertiary/aromatic N) is 1. The van der Waals surface area contributed by atoms with Gasteiger partial charge in [-0.15, -0.1) is 11.3 Å². The Morgan fingerprint density at radius 1 is 1.32 bits per heavy atom. The highest BCUT2D eigenvalue weighted by molar-refractivity contribution is 7.94. The van der Waals surface area contributed by atoms with E-state index in [9.17, 15) is 12.8 Å². The molecule has 0 aliphatic carbocycles. The predicted octanol–water partition coefficient (Wildman–Crippen LogP) is 2.87. The van der Waals surface area contributed by atoms with Gasteiger partial charge in [0, 0.05) is 0 Å². The number of aryl methyl sites for hydroxylation is 1. The number of anilines is 1. The molecule has 0 unspecified atom stereocenters. The van der Waals surface area contributed by atoms with Crippen molar-refractivity contribution in [2.24, 2.45) is 0 Å². The van der Waals surface area contributed by atoms with E-state index in [2.05, 4.69) is 4.72 Å². The van der Waals surface area contributed by atoms with Gasteiger partial charge in [0.2, 0.25) is 0 Å². The average Bonchev–Trinajstić information content (AvgIpc) is 2.83. The van der Waals surface area contributed by atoms with Crippen LogP contribution in [0.1, 0.15) is 10.4 Å². The molecule has 0 atom stereocenters. The van der Waals surface area contributed by atoms with E-state index in [-0.39, 0.29) is 14.8 Å². The molecule has 2 aromatic rings. The van der Waals surface area contributed by atoms with Crippen LogP contribution in [0.25, 0.3) is 0 Å². The lowest BCUT2D eigenvalue weighted by Crippen LogP contribution is -2.12. The van der Waals surface area contributed by atoms with Crippen molar-refractivity contribution in [1.82, 2.24) is 0 Å². The lowest BCUT2D eigenvalue weighted by Gasteiger charge is -2.07. The fraction of sp³-hybridized carbons (Fsp3) is 0.0833. The molecule has 0 aliphatic rings. The van der Waals surface area contributed by atoms with Crippen LogP contribution in [-0.4, -0.2) is 8.42 Å². The molecule has 1 heterocycles. The molecule has 1 aromatic heterocycles. The Morgan fingerprint density at radius 2 is 2.05 bits per heavy atom. The molecule has 0 saturated carbocycles. The minimum atomic E-state index is -3.86. The SMILES string of the molecule is Cc1ccc(F)c(NS(=O)(=O)c2ccc(C#N)s2)c1. The van der Waals surface area contributed by atoms with E-state index in [1.807, 2.05) is 6.07 Å². The first kappa shape index (κ1) is 13.5. The molecule has 0 amide bonds. The van der Waals surface area contributed by atoms with E-state index in [1.165, 1.54) is 24.3 Å². The number of nitrogens with one attached hydrogen (secondary N) is 1. The number of nitriles is 1. The van der Waals surface area contributed by atoms with Gasteiger partial charge in [-0.3, -0.25) is 4.72 Å². The van der Waals surface area contributed by atoms with Crippen molar-refractivity contribution < 1.29 is 12.8 Å². The predicted molar refractivity (Wildman–Crippen MR) is 71.0 cm³/mol. The van der Waals surface area contributed by atoms with Crippen LogP contribution < -0.4 is 4.72 Å². The number of thiophene rings is 1. The molecular weight excluding hydrogens is 287 g/mol. The number of rotatable bonds is 3. The minimum Gasteiger partial charge on any atom is -0.276 e. The van der Waals surface area contributed by atoms with E-state index < -0.39 is 15.8 Å². The monoisotopic (exact) mass is 296 g/mol. The molecular formula is C12H9FN2O2S2. The van der Waals surface area contributed by atoms with E-state index in [0.717, 1.165) is 16.9 Å².